The monoisotopic (exact) mass is 581 g/mol. The number of ether oxygens (including phenoxy) is 2. The third-order valence-electron chi connectivity index (χ3n) is 6.85. The van der Waals surface area contributed by atoms with E-state index in [0.29, 0.717) is 17.9 Å². The van der Waals surface area contributed by atoms with E-state index in [2.05, 4.69) is 5.32 Å². The van der Waals surface area contributed by atoms with Gasteiger partial charge in [-0.15, -0.1) is 0 Å². The van der Waals surface area contributed by atoms with Crippen molar-refractivity contribution in [3.63, 3.8) is 0 Å². The van der Waals surface area contributed by atoms with Gasteiger partial charge in [-0.3, -0.25) is 13.9 Å². The molecule has 0 aliphatic rings. The van der Waals surface area contributed by atoms with E-state index in [-0.39, 0.29) is 29.1 Å². The zero-order chi connectivity index (χ0) is 30.0. The molecular weight excluding hydrogens is 542 g/mol. The van der Waals surface area contributed by atoms with Gasteiger partial charge in [0.1, 0.15) is 24.1 Å². The number of nitrogens with one attached hydrogen (secondary N) is 1. The molecule has 220 valence electrons. The fraction of sp³-hybridized carbons (Fsp3) is 0.355. The number of amides is 2. The molecule has 2 atom stereocenters. The zero-order valence-electron chi connectivity index (χ0n) is 24.2. The molecule has 0 bridgehead atoms. The second kappa shape index (κ2) is 14.5. The molecule has 3 rings (SSSR count). The quantitative estimate of drug-likeness (QED) is 0.298. The van der Waals surface area contributed by atoms with Gasteiger partial charge < -0.3 is 19.7 Å². The summed E-state index contributed by atoms with van der Waals surface area (Å²) >= 11 is 0. The van der Waals surface area contributed by atoms with Gasteiger partial charge in [0.2, 0.25) is 11.8 Å². The first-order valence-electron chi connectivity index (χ1n) is 13.6. The van der Waals surface area contributed by atoms with E-state index in [0.717, 1.165) is 16.3 Å². The van der Waals surface area contributed by atoms with Crippen LogP contribution in [0.25, 0.3) is 0 Å². The summed E-state index contributed by atoms with van der Waals surface area (Å²) in [4.78, 5) is 29.0. The molecule has 0 aliphatic heterocycles. The molecule has 3 aromatic carbocycles. The molecule has 2 amide bonds. The lowest BCUT2D eigenvalue weighted by Crippen LogP contribution is -2.53. The van der Waals surface area contributed by atoms with Crippen molar-refractivity contribution in [3.05, 3.63) is 84.4 Å². The van der Waals surface area contributed by atoms with Crippen LogP contribution < -0.4 is 19.1 Å². The first-order chi connectivity index (χ1) is 19.6. The molecule has 0 unspecified atom stereocenters. The fourth-order valence-corrected chi connectivity index (χ4v) is 5.73. The minimum absolute atomic E-state index is 0.0406. The molecule has 10 heteroatoms. The molecule has 41 heavy (non-hydrogen) atoms. The normalized spacial score (nSPS) is 12.6. The van der Waals surface area contributed by atoms with Crippen LogP contribution in [0.3, 0.4) is 0 Å². The van der Waals surface area contributed by atoms with Crippen molar-refractivity contribution >= 4 is 27.5 Å². The van der Waals surface area contributed by atoms with Crippen LogP contribution in [-0.2, 0) is 26.2 Å². The van der Waals surface area contributed by atoms with Crippen LogP contribution in [0.15, 0.2) is 83.8 Å². The van der Waals surface area contributed by atoms with Crippen molar-refractivity contribution in [1.29, 1.82) is 0 Å². The lowest BCUT2D eigenvalue weighted by Gasteiger charge is -2.33. The van der Waals surface area contributed by atoms with E-state index in [1.165, 1.54) is 24.1 Å². The molecule has 9 nitrogen and oxygen atoms in total. The Bertz CT molecular complexity index is 1400. The highest BCUT2D eigenvalue weighted by Crippen LogP contribution is 2.28. The van der Waals surface area contributed by atoms with E-state index >= 15 is 0 Å². The standard InChI is InChI=1S/C31H39N3O6S/c1-6-23(3)32-31(36)29(7-2)33(21-24-16-18-26(39-4)19-17-24)30(35)22-34(25-12-11-13-27(20-25)40-5)41(37,38)28-14-9-8-10-15-28/h8-20,23,29H,6-7,21-22H2,1-5H3,(H,32,36)/t23-,29-/m1/s1. The second-order valence-corrected chi connectivity index (χ2v) is 11.5. The van der Waals surface area contributed by atoms with Crippen LogP contribution in [0, 0.1) is 0 Å². The molecule has 0 heterocycles. The highest BCUT2D eigenvalue weighted by atomic mass is 32.2. The van der Waals surface area contributed by atoms with Crippen LogP contribution in [0.2, 0.25) is 0 Å². The Balaban J connectivity index is 2.06. The number of anilines is 1. The number of benzene rings is 3. The number of hydrogen-bond acceptors (Lipinski definition) is 6. The zero-order valence-corrected chi connectivity index (χ0v) is 25.1. The van der Waals surface area contributed by atoms with Crippen LogP contribution in [0.4, 0.5) is 5.69 Å². The number of rotatable bonds is 14. The molecule has 0 saturated heterocycles. The highest BCUT2D eigenvalue weighted by Gasteiger charge is 2.34. The lowest BCUT2D eigenvalue weighted by molar-refractivity contribution is -0.140. The maximum Gasteiger partial charge on any atom is 0.264 e. The van der Waals surface area contributed by atoms with E-state index < -0.39 is 28.5 Å². The highest BCUT2D eigenvalue weighted by molar-refractivity contribution is 7.92. The van der Waals surface area contributed by atoms with Gasteiger partial charge in [0, 0.05) is 18.7 Å². The molecule has 0 saturated carbocycles. The summed E-state index contributed by atoms with van der Waals surface area (Å²) < 4.78 is 39.4. The van der Waals surface area contributed by atoms with Gasteiger partial charge in [0.25, 0.3) is 10.0 Å². The molecular formula is C31H39N3O6S. The van der Waals surface area contributed by atoms with Gasteiger partial charge in [-0.2, -0.15) is 0 Å². The number of carbonyl (C=O) groups is 2. The Labute approximate surface area is 243 Å². The first-order valence-corrected chi connectivity index (χ1v) is 15.0. The van der Waals surface area contributed by atoms with Crippen molar-refractivity contribution < 1.29 is 27.5 Å². The maximum atomic E-state index is 14.1. The molecule has 1 N–H and O–H groups in total. The smallest absolute Gasteiger partial charge is 0.264 e. The summed E-state index contributed by atoms with van der Waals surface area (Å²) in [7, 11) is -1.10. The van der Waals surface area contributed by atoms with Gasteiger partial charge in [0.15, 0.2) is 0 Å². The van der Waals surface area contributed by atoms with Crippen LogP contribution >= 0.6 is 0 Å². The van der Waals surface area contributed by atoms with Crippen molar-refractivity contribution in [3.8, 4) is 11.5 Å². The van der Waals surface area contributed by atoms with Gasteiger partial charge >= 0.3 is 0 Å². The Morgan fingerprint density at radius 2 is 1.51 bits per heavy atom. The van der Waals surface area contributed by atoms with Gasteiger partial charge in [-0.05, 0) is 61.7 Å². The molecule has 0 spiro atoms. The molecule has 0 aliphatic carbocycles. The Hall–Kier alpha value is -4.05. The largest absolute Gasteiger partial charge is 0.497 e. The van der Waals surface area contributed by atoms with Crippen LogP contribution in [0.5, 0.6) is 11.5 Å². The summed E-state index contributed by atoms with van der Waals surface area (Å²) in [5.41, 5.74) is 1.04. The van der Waals surface area contributed by atoms with Crippen LogP contribution in [0.1, 0.15) is 39.2 Å². The van der Waals surface area contributed by atoms with E-state index in [4.69, 9.17) is 9.47 Å². The molecule has 0 radical (unpaired) electrons. The predicted octanol–water partition coefficient (Wildman–Crippen LogP) is 4.62. The van der Waals surface area contributed by atoms with Crippen molar-refractivity contribution in [2.45, 2.75) is 57.1 Å². The minimum Gasteiger partial charge on any atom is -0.497 e. The summed E-state index contributed by atoms with van der Waals surface area (Å²) in [6, 6.07) is 20.8. The van der Waals surface area contributed by atoms with Crippen molar-refractivity contribution in [2.75, 3.05) is 25.1 Å². The van der Waals surface area contributed by atoms with Crippen LogP contribution in [-0.4, -0.2) is 58.0 Å². The number of carbonyl (C=O) groups excluding carboxylic acids is 2. The summed E-state index contributed by atoms with van der Waals surface area (Å²) in [6.45, 7) is 5.28. The number of methoxy groups -OCH3 is 2. The SMILES string of the molecule is CC[C@@H](C)NC(=O)[C@@H](CC)N(Cc1ccc(OC)cc1)C(=O)CN(c1cccc(OC)c1)S(=O)(=O)c1ccccc1. The van der Waals surface area contributed by atoms with Crippen molar-refractivity contribution in [1.82, 2.24) is 10.2 Å². The average Bonchev–Trinajstić information content (AvgIpc) is 3.00. The van der Waals surface area contributed by atoms with Gasteiger partial charge in [0.05, 0.1) is 24.8 Å². The topological polar surface area (TPSA) is 105 Å². The molecule has 3 aromatic rings. The van der Waals surface area contributed by atoms with Gasteiger partial charge in [-0.25, -0.2) is 8.42 Å². The summed E-state index contributed by atoms with van der Waals surface area (Å²) in [6.07, 6.45) is 1.07. The molecule has 0 fully saturated rings. The predicted molar refractivity (Wildman–Crippen MR) is 159 cm³/mol. The number of nitrogens with zero attached hydrogens (tertiary/aromatic N) is 2. The Morgan fingerprint density at radius 1 is 0.854 bits per heavy atom. The van der Waals surface area contributed by atoms with E-state index in [1.54, 1.807) is 61.7 Å². The minimum atomic E-state index is -4.15. The Morgan fingerprint density at radius 3 is 2.10 bits per heavy atom. The average molecular weight is 582 g/mol. The molecule has 0 aromatic heterocycles. The third-order valence-corrected chi connectivity index (χ3v) is 8.64. The van der Waals surface area contributed by atoms with E-state index in [9.17, 15) is 18.0 Å². The van der Waals surface area contributed by atoms with E-state index in [1.807, 2.05) is 32.9 Å². The third kappa shape index (κ3) is 8.00. The van der Waals surface area contributed by atoms with Gasteiger partial charge in [-0.1, -0.05) is 50.2 Å². The number of sulfonamides is 1. The van der Waals surface area contributed by atoms with Crippen molar-refractivity contribution in [2.24, 2.45) is 0 Å². The fourth-order valence-electron chi connectivity index (χ4n) is 4.30. The number of hydrogen-bond donors (Lipinski definition) is 1. The summed E-state index contributed by atoms with van der Waals surface area (Å²) in [5.74, 6) is 0.292. The second-order valence-electron chi connectivity index (χ2n) is 9.64. The maximum absolute atomic E-state index is 14.1. The Kier molecular flexibility index (Phi) is 11.2. The first kappa shape index (κ1) is 31.5. The lowest BCUT2D eigenvalue weighted by atomic mass is 10.1. The summed E-state index contributed by atoms with van der Waals surface area (Å²) in [5, 5.41) is 2.97.